The van der Waals surface area contributed by atoms with Gasteiger partial charge in [-0.1, -0.05) is 0 Å². The zero-order chi connectivity index (χ0) is 8.65. The Labute approximate surface area is 84.3 Å². The number of hydrogen-bond acceptors (Lipinski definition) is 0. The first-order valence-corrected chi connectivity index (χ1v) is 7.17. The summed E-state index contributed by atoms with van der Waals surface area (Å²) in [6.07, 6.45) is 4.71. The van der Waals surface area contributed by atoms with Gasteiger partial charge in [0.1, 0.15) is 0 Å². The molecule has 0 heterocycles. The Morgan fingerprint density at radius 2 is 2.00 bits per heavy atom. The van der Waals surface area contributed by atoms with Crippen LogP contribution in [0.5, 0.6) is 0 Å². The van der Waals surface area contributed by atoms with Crippen molar-refractivity contribution >= 4 is 24.4 Å². The summed E-state index contributed by atoms with van der Waals surface area (Å²) >= 11 is 0.718. The third kappa shape index (κ3) is 1.74. The molecule has 0 aliphatic heterocycles. The first kappa shape index (κ1) is 9.44. The Kier molecular flexibility index (Phi) is 2.58. The van der Waals surface area contributed by atoms with E-state index in [2.05, 4.69) is 39.8 Å². The molecule has 0 N–H and O–H groups in total. The molecule has 1 rings (SSSR count). The van der Waals surface area contributed by atoms with Crippen LogP contribution < -0.4 is 0 Å². The first-order valence-electron chi connectivity index (χ1n) is 4.32. The van der Waals surface area contributed by atoms with Gasteiger partial charge in [-0.25, -0.2) is 0 Å². The minimum atomic E-state index is 0.561. The maximum absolute atomic E-state index is 2.41. The van der Waals surface area contributed by atoms with Crippen LogP contribution in [0.2, 0.25) is 3.17 Å². The van der Waals surface area contributed by atoms with Crippen molar-refractivity contribution in [1.82, 2.24) is 0 Å². The molecule has 2 unspecified atom stereocenters. The van der Waals surface area contributed by atoms with Gasteiger partial charge in [0.05, 0.1) is 0 Å². The van der Waals surface area contributed by atoms with Gasteiger partial charge in [-0.15, -0.1) is 0 Å². The maximum atomic E-state index is 2.41. The van der Waals surface area contributed by atoms with E-state index >= 15 is 0 Å². The van der Waals surface area contributed by atoms with E-state index in [-0.39, 0.29) is 0 Å². The van der Waals surface area contributed by atoms with E-state index < -0.39 is 0 Å². The SMILES string of the molecule is CC1=C(C)C(C)[C](C)([InH2])C=C1. The molecule has 0 saturated heterocycles. The van der Waals surface area contributed by atoms with Gasteiger partial charge in [0, 0.05) is 0 Å². The van der Waals surface area contributed by atoms with Crippen LogP contribution in [-0.2, 0) is 0 Å². The van der Waals surface area contributed by atoms with Crippen LogP contribution in [0.3, 0.4) is 0 Å². The van der Waals surface area contributed by atoms with Crippen LogP contribution in [0, 0.1) is 5.92 Å². The van der Waals surface area contributed by atoms with E-state index in [1.165, 1.54) is 5.57 Å². The van der Waals surface area contributed by atoms with Crippen molar-refractivity contribution in [3.8, 4) is 0 Å². The summed E-state index contributed by atoms with van der Waals surface area (Å²) < 4.78 is 0.561. The molecule has 1 heteroatoms. The van der Waals surface area contributed by atoms with Crippen molar-refractivity contribution in [2.45, 2.75) is 30.9 Å². The van der Waals surface area contributed by atoms with Crippen LogP contribution in [0.25, 0.3) is 0 Å². The van der Waals surface area contributed by atoms with Crippen molar-refractivity contribution in [2.75, 3.05) is 0 Å². The molecule has 0 spiro atoms. The molecular weight excluding hydrogens is 235 g/mol. The normalized spacial score (nSPS) is 38.0. The molecule has 0 amide bonds. The second kappa shape index (κ2) is 3.01. The molecule has 0 nitrogen and oxygen atoms in total. The summed E-state index contributed by atoms with van der Waals surface area (Å²) in [5, 5.41) is 0. The second-order valence-electron chi connectivity index (χ2n) is 4.24. The summed E-state index contributed by atoms with van der Waals surface area (Å²) in [4.78, 5) is 0. The number of hydrogen-bond donors (Lipinski definition) is 0. The fourth-order valence-corrected chi connectivity index (χ4v) is 3.23. The number of allylic oxidation sites excluding steroid dienone is 4. The number of rotatable bonds is 0. The average Bonchev–Trinajstić information content (AvgIpc) is 1.95. The summed E-state index contributed by atoms with van der Waals surface area (Å²) in [5.41, 5.74) is 3.07. The predicted octanol–water partition coefficient (Wildman–Crippen LogP) is 2.34. The van der Waals surface area contributed by atoms with Gasteiger partial charge in [0.25, 0.3) is 0 Å². The molecule has 2 atom stereocenters. The van der Waals surface area contributed by atoms with Gasteiger partial charge < -0.3 is 0 Å². The standard InChI is InChI=1S/C10H15.In.2H/c1-7-5-6-8(2)10(4)9(7)3;;;/h5-6,9H,1-4H3;;;. The van der Waals surface area contributed by atoms with E-state index in [9.17, 15) is 0 Å². The van der Waals surface area contributed by atoms with Gasteiger partial charge >= 0.3 is 84.5 Å². The summed E-state index contributed by atoms with van der Waals surface area (Å²) in [6.45, 7) is 9.24. The summed E-state index contributed by atoms with van der Waals surface area (Å²) in [5.74, 6) is 0.781. The second-order valence-corrected chi connectivity index (χ2v) is 10.4. The Balaban J connectivity index is 3.01. The van der Waals surface area contributed by atoms with Crippen LogP contribution in [0.15, 0.2) is 23.3 Å². The van der Waals surface area contributed by atoms with Gasteiger partial charge in [0.2, 0.25) is 0 Å². The van der Waals surface area contributed by atoms with E-state index in [4.69, 9.17) is 0 Å². The zero-order valence-corrected chi connectivity index (χ0v) is 13.9. The minimum absolute atomic E-state index is 0.561. The Morgan fingerprint density at radius 1 is 1.45 bits per heavy atom. The topological polar surface area (TPSA) is 0 Å². The van der Waals surface area contributed by atoms with E-state index in [0.717, 1.165) is 30.3 Å². The molecule has 1 aliphatic rings. The Bertz CT molecular complexity index is 221. The molecule has 0 aromatic carbocycles. The van der Waals surface area contributed by atoms with Gasteiger partial charge in [-0.2, -0.15) is 0 Å². The monoisotopic (exact) mass is 252 g/mol. The quantitative estimate of drug-likeness (QED) is 0.620. The molecule has 60 valence electrons. The van der Waals surface area contributed by atoms with Gasteiger partial charge in [-0.3, -0.25) is 0 Å². The zero-order valence-electron chi connectivity index (χ0n) is 8.23. The van der Waals surface area contributed by atoms with E-state index in [1.54, 1.807) is 5.57 Å². The molecule has 1 aliphatic carbocycles. The predicted molar refractivity (Wildman–Crippen MR) is 53.6 cm³/mol. The molecule has 0 radical (unpaired) electrons. The molecule has 0 bridgehead atoms. The average molecular weight is 252 g/mol. The van der Waals surface area contributed by atoms with E-state index in [1.807, 2.05) is 0 Å². The molecule has 0 aromatic rings. The summed E-state index contributed by atoms with van der Waals surface area (Å²) in [7, 11) is 0. The Morgan fingerprint density at radius 3 is 2.45 bits per heavy atom. The van der Waals surface area contributed by atoms with Gasteiger partial charge in [-0.05, 0) is 0 Å². The molecular formula is C10H17In. The van der Waals surface area contributed by atoms with Crippen molar-refractivity contribution in [1.29, 1.82) is 0 Å². The first-order chi connectivity index (χ1) is 4.95. The summed E-state index contributed by atoms with van der Waals surface area (Å²) in [6, 6.07) is 0. The molecule has 11 heavy (non-hydrogen) atoms. The molecule has 0 aromatic heterocycles. The van der Waals surface area contributed by atoms with Crippen molar-refractivity contribution < 1.29 is 0 Å². The fourth-order valence-electron chi connectivity index (χ4n) is 1.52. The molecule has 0 saturated carbocycles. The van der Waals surface area contributed by atoms with Crippen molar-refractivity contribution in [2.24, 2.45) is 5.92 Å². The van der Waals surface area contributed by atoms with Crippen LogP contribution in [0.4, 0.5) is 0 Å². The van der Waals surface area contributed by atoms with Crippen LogP contribution in [0.1, 0.15) is 27.7 Å². The third-order valence-electron chi connectivity index (χ3n) is 3.15. The van der Waals surface area contributed by atoms with Crippen molar-refractivity contribution in [3.63, 3.8) is 0 Å². The third-order valence-corrected chi connectivity index (χ3v) is 6.57. The van der Waals surface area contributed by atoms with Gasteiger partial charge in [0.15, 0.2) is 0 Å². The van der Waals surface area contributed by atoms with E-state index in [0.29, 0.717) is 3.17 Å². The molecule has 0 fully saturated rings. The van der Waals surface area contributed by atoms with Crippen LogP contribution >= 0.6 is 0 Å². The van der Waals surface area contributed by atoms with Crippen LogP contribution in [-0.4, -0.2) is 24.4 Å². The Hall–Kier alpha value is 0.350. The van der Waals surface area contributed by atoms with Crippen molar-refractivity contribution in [3.05, 3.63) is 23.3 Å². The fraction of sp³-hybridized carbons (Fsp3) is 0.600.